The van der Waals surface area contributed by atoms with Gasteiger partial charge in [-0.2, -0.15) is 0 Å². The Balaban J connectivity index is 1.64. The molecule has 0 spiro atoms. The van der Waals surface area contributed by atoms with Gasteiger partial charge in [0.1, 0.15) is 18.2 Å². The van der Waals surface area contributed by atoms with Crippen molar-refractivity contribution >= 4 is 22.0 Å². The predicted molar refractivity (Wildman–Crippen MR) is 130 cm³/mol. The summed E-state index contributed by atoms with van der Waals surface area (Å²) in [7, 11) is -1.24. The number of aromatic nitrogens is 1. The smallest absolute Gasteiger partial charge is 0.407 e. The largest absolute Gasteiger partial charge is 0.492 e. The minimum absolute atomic E-state index is 0.0615. The van der Waals surface area contributed by atoms with Crippen LogP contribution in [0.15, 0.2) is 65.7 Å². The number of rotatable bonds is 9. The molecule has 1 heterocycles. The number of carbonyl (C=O) groups is 2. The van der Waals surface area contributed by atoms with Gasteiger partial charge in [0.2, 0.25) is 5.91 Å². The normalized spacial score (nSPS) is 14.2. The van der Waals surface area contributed by atoms with E-state index in [9.17, 15) is 27.5 Å². The summed E-state index contributed by atoms with van der Waals surface area (Å²) in [6, 6.07) is 13.0. The first-order chi connectivity index (χ1) is 17.1. The molecule has 3 aromatic rings. The fourth-order valence-electron chi connectivity index (χ4n) is 3.88. The molecule has 2 aromatic carbocycles. The molecule has 11 heteroatoms. The molecular formula is C25H26FN3O6S. The average Bonchev–Trinajstić information content (AvgIpc) is 3.54. The van der Waals surface area contributed by atoms with Gasteiger partial charge in [0.25, 0.3) is 10.0 Å². The topological polar surface area (TPSA) is 118 Å². The first kappa shape index (κ1) is 25.2. The van der Waals surface area contributed by atoms with E-state index in [1.54, 1.807) is 13.1 Å². The van der Waals surface area contributed by atoms with Crippen molar-refractivity contribution in [3.63, 3.8) is 0 Å². The molecule has 0 bridgehead atoms. The van der Waals surface area contributed by atoms with Crippen molar-refractivity contribution < 1.29 is 32.2 Å². The highest BCUT2D eigenvalue weighted by molar-refractivity contribution is 7.90. The van der Waals surface area contributed by atoms with Crippen LogP contribution in [-0.4, -0.2) is 55.1 Å². The van der Waals surface area contributed by atoms with Gasteiger partial charge in [-0.25, -0.2) is 21.6 Å². The van der Waals surface area contributed by atoms with Gasteiger partial charge in [-0.3, -0.25) is 4.79 Å². The molecule has 36 heavy (non-hydrogen) atoms. The van der Waals surface area contributed by atoms with E-state index < -0.39 is 27.3 Å². The molecular weight excluding hydrogens is 489 g/mol. The SMILES string of the molecule is CNC(=O)C1(COc2ccc(S(=O)(=O)n3cc(CN(C)C(=O)O)cc3-c3ccccc3F)cc2)CC1. The van der Waals surface area contributed by atoms with Gasteiger partial charge in [-0.15, -0.1) is 0 Å². The zero-order chi connectivity index (χ0) is 26.1. The van der Waals surface area contributed by atoms with Crippen LogP contribution in [0.5, 0.6) is 5.75 Å². The highest BCUT2D eigenvalue weighted by Gasteiger charge is 2.50. The van der Waals surface area contributed by atoms with Crippen molar-refractivity contribution in [3.05, 3.63) is 72.2 Å². The Kier molecular flexibility index (Phi) is 6.77. The first-order valence-corrected chi connectivity index (χ1v) is 12.6. The van der Waals surface area contributed by atoms with Gasteiger partial charge >= 0.3 is 6.09 Å². The third-order valence-corrected chi connectivity index (χ3v) is 7.88. The van der Waals surface area contributed by atoms with Crippen molar-refractivity contribution in [2.45, 2.75) is 24.3 Å². The number of benzene rings is 2. The lowest BCUT2D eigenvalue weighted by Gasteiger charge is -2.15. The number of amides is 2. The van der Waals surface area contributed by atoms with Crippen molar-refractivity contribution in [1.82, 2.24) is 14.2 Å². The lowest BCUT2D eigenvalue weighted by atomic mass is 10.1. The molecule has 0 unspecified atom stereocenters. The van der Waals surface area contributed by atoms with Gasteiger partial charge < -0.3 is 20.1 Å². The number of hydrogen-bond donors (Lipinski definition) is 2. The van der Waals surface area contributed by atoms with Crippen LogP contribution in [0.25, 0.3) is 11.3 Å². The lowest BCUT2D eigenvalue weighted by molar-refractivity contribution is -0.126. The van der Waals surface area contributed by atoms with Crippen LogP contribution >= 0.6 is 0 Å². The van der Waals surface area contributed by atoms with Crippen LogP contribution in [0.4, 0.5) is 9.18 Å². The minimum Gasteiger partial charge on any atom is -0.492 e. The Morgan fingerprint density at radius 3 is 2.42 bits per heavy atom. The predicted octanol–water partition coefficient (Wildman–Crippen LogP) is 3.55. The fourth-order valence-corrected chi connectivity index (χ4v) is 5.28. The summed E-state index contributed by atoms with van der Waals surface area (Å²) in [5.41, 5.74) is -0.0259. The van der Waals surface area contributed by atoms with Crippen LogP contribution in [0.2, 0.25) is 0 Å². The summed E-state index contributed by atoms with van der Waals surface area (Å²) < 4.78 is 48.4. The summed E-state index contributed by atoms with van der Waals surface area (Å²) in [5, 5.41) is 11.8. The summed E-state index contributed by atoms with van der Waals surface area (Å²) in [6.07, 6.45) is 1.56. The second-order valence-electron chi connectivity index (χ2n) is 8.77. The van der Waals surface area contributed by atoms with Gasteiger partial charge in [0.15, 0.2) is 0 Å². The molecule has 2 N–H and O–H groups in total. The molecule has 190 valence electrons. The molecule has 0 aliphatic heterocycles. The quantitative estimate of drug-likeness (QED) is 0.450. The Hall–Kier alpha value is -3.86. The van der Waals surface area contributed by atoms with Crippen LogP contribution in [0.3, 0.4) is 0 Å². The van der Waals surface area contributed by atoms with Crippen molar-refractivity contribution in [3.8, 4) is 17.0 Å². The zero-order valence-electron chi connectivity index (χ0n) is 19.8. The summed E-state index contributed by atoms with van der Waals surface area (Å²) in [5.74, 6) is -0.284. The molecule has 4 rings (SSSR count). The number of nitrogens with zero attached hydrogens (tertiary/aromatic N) is 2. The zero-order valence-corrected chi connectivity index (χ0v) is 20.6. The van der Waals surface area contributed by atoms with E-state index in [-0.39, 0.29) is 35.2 Å². The molecule has 1 aromatic heterocycles. The van der Waals surface area contributed by atoms with E-state index in [0.717, 1.165) is 21.7 Å². The van der Waals surface area contributed by atoms with Gasteiger partial charge in [0, 0.05) is 25.9 Å². The number of carbonyl (C=O) groups excluding carboxylic acids is 1. The maximum absolute atomic E-state index is 14.6. The molecule has 0 radical (unpaired) electrons. The van der Waals surface area contributed by atoms with E-state index in [2.05, 4.69) is 5.32 Å². The van der Waals surface area contributed by atoms with Crippen LogP contribution in [0, 0.1) is 11.2 Å². The molecule has 0 saturated heterocycles. The Bertz CT molecular complexity index is 1400. The van der Waals surface area contributed by atoms with Crippen LogP contribution in [-0.2, 0) is 21.4 Å². The summed E-state index contributed by atoms with van der Waals surface area (Å²) in [4.78, 5) is 24.2. The third kappa shape index (κ3) is 4.92. The molecule has 1 saturated carbocycles. The van der Waals surface area contributed by atoms with E-state index in [1.165, 1.54) is 61.8 Å². The van der Waals surface area contributed by atoms with Crippen molar-refractivity contribution in [2.75, 3.05) is 20.7 Å². The molecule has 2 amide bonds. The standard InChI is InChI=1S/C25H26FN3O6S/c1-27-23(30)25(11-12-25)16-35-18-7-9-19(10-8-18)36(33,34)29-15-17(14-28(2)24(31)32)13-22(29)20-5-3-4-6-21(20)26/h3-10,13,15H,11-12,14,16H2,1-2H3,(H,27,30)(H,31,32). The van der Waals surface area contributed by atoms with Crippen LogP contribution < -0.4 is 10.1 Å². The molecule has 0 atom stereocenters. The second kappa shape index (κ2) is 9.65. The maximum atomic E-state index is 14.6. The molecule has 1 fully saturated rings. The number of nitrogens with one attached hydrogen (secondary N) is 1. The third-order valence-electron chi connectivity index (χ3n) is 6.20. The van der Waals surface area contributed by atoms with Crippen LogP contribution in [0.1, 0.15) is 18.4 Å². The first-order valence-electron chi connectivity index (χ1n) is 11.2. The molecule has 1 aliphatic carbocycles. The van der Waals surface area contributed by atoms with Crippen molar-refractivity contribution in [1.29, 1.82) is 0 Å². The van der Waals surface area contributed by atoms with E-state index in [4.69, 9.17) is 4.74 Å². The lowest BCUT2D eigenvalue weighted by Crippen LogP contribution is -2.33. The van der Waals surface area contributed by atoms with Gasteiger partial charge in [0.05, 0.1) is 22.5 Å². The minimum atomic E-state index is -4.17. The van der Waals surface area contributed by atoms with Gasteiger partial charge in [-0.1, -0.05) is 12.1 Å². The van der Waals surface area contributed by atoms with E-state index in [1.807, 2.05) is 0 Å². The number of hydrogen-bond acceptors (Lipinski definition) is 5. The Labute approximate surface area is 208 Å². The Morgan fingerprint density at radius 2 is 1.83 bits per heavy atom. The number of carboxylic acid groups (broad SMARTS) is 1. The molecule has 1 aliphatic rings. The fraction of sp³-hybridized carbons (Fsp3) is 0.280. The highest BCUT2D eigenvalue weighted by atomic mass is 32.2. The number of halogens is 1. The second-order valence-corrected chi connectivity index (χ2v) is 10.6. The monoisotopic (exact) mass is 515 g/mol. The van der Waals surface area contributed by atoms with E-state index in [0.29, 0.717) is 11.3 Å². The highest BCUT2D eigenvalue weighted by Crippen LogP contribution is 2.46. The summed E-state index contributed by atoms with van der Waals surface area (Å²) >= 11 is 0. The Morgan fingerprint density at radius 1 is 1.17 bits per heavy atom. The average molecular weight is 516 g/mol. The van der Waals surface area contributed by atoms with Crippen molar-refractivity contribution in [2.24, 2.45) is 5.41 Å². The number of ether oxygens (including phenoxy) is 1. The summed E-state index contributed by atoms with van der Waals surface area (Å²) in [6.45, 7) is 0.105. The van der Waals surface area contributed by atoms with Gasteiger partial charge in [-0.05, 0) is 60.9 Å². The molecule has 9 nitrogen and oxygen atoms in total. The maximum Gasteiger partial charge on any atom is 0.407 e. The van der Waals surface area contributed by atoms with E-state index >= 15 is 0 Å².